The molecular weight excluding hydrogens is 334 g/mol. The first-order valence-electron chi connectivity index (χ1n) is 9.32. The predicted molar refractivity (Wildman–Crippen MR) is 98.7 cm³/mol. The van der Waals surface area contributed by atoms with E-state index in [1.165, 1.54) is 18.5 Å². The molecule has 2 aliphatic rings. The van der Waals surface area contributed by atoms with Crippen molar-refractivity contribution in [3.63, 3.8) is 0 Å². The lowest BCUT2D eigenvalue weighted by Gasteiger charge is -2.33. The van der Waals surface area contributed by atoms with Crippen LogP contribution >= 0.6 is 11.3 Å². The SMILES string of the molecule is Cc1nc(CN2CCN(Cc3ccc([C@@H]4CCCCO4)o3)CC2)cs1. The first-order chi connectivity index (χ1) is 12.3. The fourth-order valence-corrected chi connectivity index (χ4v) is 4.26. The van der Waals surface area contributed by atoms with Crippen LogP contribution in [0.25, 0.3) is 0 Å². The Kier molecular flexibility index (Phi) is 5.51. The molecule has 5 nitrogen and oxygen atoms in total. The van der Waals surface area contributed by atoms with Crippen molar-refractivity contribution in [1.29, 1.82) is 0 Å². The quantitative estimate of drug-likeness (QED) is 0.814. The summed E-state index contributed by atoms with van der Waals surface area (Å²) in [5.41, 5.74) is 1.21. The fraction of sp³-hybridized carbons (Fsp3) is 0.632. The van der Waals surface area contributed by atoms with Gasteiger partial charge in [0.15, 0.2) is 0 Å². The molecule has 2 aliphatic heterocycles. The molecule has 0 aliphatic carbocycles. The van der Waals surface area contributed by atoms with E-state index in [0.29, 0.717) is 0 Å². The van der Waals surface area contributed by atoms with Gasteiger partial charge in [-0.2, -0.15) is 0 Å². The Morgan fingerprint density at radius 3 is 2.60 bits per heavy atom. The first-order valence-corrected chi connectivity index (χ1v) is 10.2. The molecule has 2 fully saturated rings. The topological polar surface area (TPSA) is 41.7 Å². The lowest BCUT2D eigenvalue weighted by Crippen LogP contribution is -2.45. The maximum Gasteiger partial charge on any atom is 0.133 e. The molecule has 4 heterocycles. The lowest BCUT2D eigenvalue weighted by atomic mass is 10.1. The van der Waals surface area contributed by atoms with Gasteiger partial charge in [-0.1, -0.05) is 0 Å². The first kappa shape index (κ1) is 17.2. The molecule has 0 spiro atoms. The molecule has 2 saturated heterocycles. The van der Waals surface area contributed by atoms with Crippen molar-refractivity contribution in [2.75, 3.05) is 32.8 Å². The molecule has 0 bridgehead atoms. The van der Waals surface area contributed by atoms with Crippen LogP contribution in [0.4, 0.5) is 0 Å². The minimum Gasteiger partial charge on any atom is -0.462 e. The van der Waals surface area contributed by atoms with E-state index >= 15 is 0 Å². The summed E-state index contributed by atoms with van der Waals surface area (Å²) in [6.45, 7) is 9.16. The number of hydrogen-bond acceptors (Lipinski definition) is 6. The second-order valence-corrected chi connectivity index (χ2v) is 8.13. The molecule has 0 unspecified atom stereocenters. The molecular formula is C19H27N3O2S. The highest BCUT2D eigenvalue weighted by Gasteiger charge is 2.22. The molecule has 2 aromatic heterocycles. The van der Waals surface area contributed by atoms with Crippen LogP contribution in [0.2, 0.25) is 0 Å². The highest BCUT2D eigenvalue weighted by Crippen LogP contribution is 2.29. The zero-order chi connectivity index (χ0) is 17.1. The van der Waals surface area contributed by atoms with Gasteiger partial charge in [0.05, 0.1) is 17.2 Å². The molecule has 1 atom stereocenters. The maximum absolute atomic E-state index is 6.06. The van der Waals surface area contributed by atoms with Crippen molar-refractivity contribution in [3.05, 3.63) is 39.7 Å². The number of ether oxygens (including phenoxy) is 1. The summed E-state index contributed by atoms with van der Waals surface area (Å²) in [5.74, 6) is 2.07. The molecule has 0 aromatic carbocycles. The van der Waals surface area contributed by atoms with E-state index in [1.54, 1.807) is 11.3 Å². The summed E-state index contributed by atoms with van der Waals surface area (Å²) in [6, 6.07) is 4.23. The Bertz CT molecular complexity index is 670. The molecule has 0 radical (unpaired) electrons. The normalized spacial score (nSPS) is 23.2. The van der Waals surface area contributed by atoms with Gasteiger partial charge in [0.25, 0.3) is 0 Å². The highest BCUT2D eigenvalue weighted by molar-refractivity contribution is 7.09. The van der Waals surface area contributed by atoms with E-state index < -0.39 is 0 Å². The average molecular weight is 362 g/mol. The summed E-state index contributed by atoms with van der Waals surface area (Å²) >= 11 is 1.74. The number of aromatic nitrogens is 1. The van der Waals surface area contributed by atoms with Crippen LogP contribution in [0.1, 0.15) is 47.6 Å². The van der Waals surface area contributed by atoms with Crippen LogP contribution in [0.15, 0.2) is 21.9 Å². The zero-order valence-corrected chi connectivity index (χ0v) is 15.8. The Morgan fingerprint density at radius 1 is 1.12 bits per heavy atom. The van der Waals surface area contributed by atoms with Gasteiger partial charge in [-0.3, -0.25) is 9.80 Å². The summed E-state index contributed by atoms with van der Waals surface area (Å²) in [4.78, 5) is 9.55. The van der Waals surface area contributed by atoms with E-state index in [4.69, 9.17) is 9.15 Å². The number of hydrogen-bond donors (Lipinski definition) is 0. The van der Waals surface area contributed by atoms with Crippen LogP contribution in [-0.2, 0) is 17.8 Å². The second kappa shape index (κ2) is 7.99. The predicted octanol–water partition coefficient (Wildman–Crippen LogP) is 3.60. The standard InChI is InChI=1S/C19H27N3O2S/c1-15-20-16(14-25-15)12-21-7-9-22(10-8-21)13-17-5-6-19(24-17)18-4-2-3-11-23-18/h5-6,14,18H,2-4,7-13H2,1H3/t18-/m0/s1. The third-order valence-electron chi connectivity index (χ3n) is 5.08. The van der Waals surface area contributed by atoms with Gasteiger partial charge < -0.3 is 9.15 Å². The third-order valence-corrected chi connectivity index (χ3v) is 5.90. The number of nitrogens with zero attached hydrogens (tertiary/aromatic N) is 3. The molecule has 6 heteroatoms. The summed E-state index contributed by atoms with van der Waals surface area (Å²) in [7, 11) is 0. The maximum atomic E-state index is 6.06. The Balaban J connectivity index is 1.25. The number of thiazole rings is 1. The van der Waals surface area contributed by atoms with Gasteiger partial charge >= 0.3 is 0 Å². The van der Waals surface area contributed by atoms with Crippen LogP contribution in [0.3, 0.4) is 0 Å². The molecule has 2 aromatic rings. The molecule has 4 rings (SSSR count). The van der Waals surface area contributed by atoms with Crippen LogP contribution in [0.5, 0.6) is 0 Å². The van der Waals surface area contributed by atoms with Gasteiger partial charge in [-0.15, -0.1) is 11.3 Å². The fourth-order valence-electron chi connectivity index (χ4n) is 3.65. The van der Waals surface area contributed by atoms with E-state index in [-0.39, 0.29) is 6.10 Å². The molecule has 0 amide bonds. The second-order valence-electron chi connectivity index (χ2n) is 7.07. The summed E-state index contributed by atoms with van der Waals surface area (Å²) in [5, 5.41) is 3.34. The number of aryl methyl sites for hydroxylation is 1. The minimum atomic E-state index is 0.168. The van der Waals surface area contributed by atoms with Gasteiger partial charge in [0.2, 0.25) is 0 Å². The average Bonchev–Trinajstić information content (AvgIpc) is 3.27. The summed E-state index contributed by atoms with van der Waals surface area (Å²) < 4.78 is 11.9. The smallest absolute Gasteiger partial charge is 0.133 e. The molecule has 25 heavy (non-hydrogen) atoms. The Labute approximate surface area is 153 Å². The van der Waals surface area contributed by atoms with Crippen LogP contribution in [0, 0.1) is 6.92 Å². The molecule has 136 valence electrons. The van der Waals surface area contributed by atoms with Crippen molar-refractivity contribution < 1.29 is 9.15 Å². The molecule has 0 saturated carbocycles. The lowest BCUT2D eigenvalue weighted by molar-refractivity contribution is 0.000628. The van der Waals surface area contributed by atoms with E-state index in [9.17, 15) is 0 Å². The van der Waals surface area contributed by atoms with Crippen LogP contribution < -0.4 is 0 Å². The van der Waals surface area contributed by atoms with Crippen LogP contribution in [-0.4, -0.2) is 47.6 Å². The van der Waals surface area contributed by atoms with Gasteiger partial charge in [0, 0.05) is 44.7 Å². The zero-order valence-electron chi connectivity index (χ0n) is 14.9. The van der Waals surface area contributed by atoms with Crippen molar-refractivity contribution in [3.8, 4) is 0 Å². The summed E-state index contributed by atoms with van der Waals surface area (Å²) in [6.07, 6.45) is 3.67. The largest absolute Gasteiger partial charge is 0.462 e. The van der Waals surface area contributed by atoms with Gasteiger partial charge in [-0.25, -0.2) is 4.98 Å². The Hall–Kier alpha value is -1.21. The number of rotatable bonds is 5. The van der Waals surface area contributed by atoms with Gasteiger partial charge in [0.1, 0.15) is 17.6 Å². The van der Waals surface area contributed by atoms with Crippen molar-refractivity contribution in [2.24, 2.45) is 0 Å². The van der Waals surface area contributed by atoms with E-state index in [0.717, 1.165) is 68.8 Å². The minimum absolute atomic E-state index is 0.168. The van der Waals surface area contributed by atoms with Crippen molar-refractivity contribution in [1.82, 2.24) is 14.8 Å². The van der Waals surface area contributed by atoms with Crippen molar-refractivity contribution >= 4 is 11.3 Å². The Morgan fingerprint density at radius 2 is 1.92 bits per heavy atom. The monoisotopic (exact) mass is 361 g/mol. The third kappa shape index (κ3) is 4.50. The van der Waals surface area contributed by atoms with Gasteiger partial charge in [-0.05, 0) is 38.3 Å². The van der Waals surface area contributed by atoms with Crippen molar-refractivity contribution in [2.45, 2.75) is 45.4 Å². The molecule has 0 N–H and O–H groups in total. The number of piperazine rings is 1. The number of furan rings is 1. The van der Waals surface area contributed by atoms with E-state index in [1.807, 2.05) is 0 Å². The van der Waals surface area contributed by atoms with E-state index in [2.05, 4.69) is 39.2 Å². The highest BCUT2D eigenvalue weighted by atomic mass is 32.1.